The van der Waals surface area contributed by atoms with Crippen LogP contribution in [0.5, 0.6) is 0 Å². The number of thioether (sulfide) groups is 1. The first kappa shape index (κ1) is 18.2. The zero-order chi connectivity index (χ0) is 18.4. The van der Waals surface area contributed by atoms with Crippen LogP contribution in [0.3, 0.4) is 0 Å². The number of carbonyl (C=O) groups is 1. The summed E-state index contributed by atoms with van der Waals surface area (Å²) >= 11 is 1.33. The van der Waals surface area contributed by atoms with E-state index in [2.05, 4.69) is 39.9 Å². The molecule has 136 valence electrons. The summed E-state index contributed by atoms with van der Waals surface area (Å²) < 4.78 is 6.94. The van der Waals surface area contributed by atoms with Crippen molar-refractivity contribution >= 4 is 17.7 Å². The van der Waals surface area contributed by atoms with E-state index in [4.69, 9.17) is 4.42 Å². The van der Waals surface area contributed by atoms with Crippen molar-refractivity contribution in [2.45, 2.75) is 36.7 Å². The van der Waals surface area contributed by atoms with Crippen LogP contribution < -0.4 is 5.32 Å². The van der Waals surface area contributed by atoms with Crippen LogP contribution >= 0.6 is 11.8 Å². The van der Waals surface area contributed by atoms with E-state index in [0.717, 1.165) is 5.76 Å². The van der Waals surface area contributed by atoms with Crippen LogP contribution in [-0.2, 0) is 11.3 Å². The van der Waals surface area contributed by atoms with E-state index in [1.807, 2.05) is 37.3 Å². The lowest BCUT2D eigenvalue weighted by Gasteiger charge is -2.15. The van der Waals surface area contributed by atoms with Gasteiger partial charge in [0.1, 0.15) is 12.3 Å². The van der Waals surface area contributed by atoms with Gasteiger partial charge in [-0.05, 0) is 41.0 Å². The fourth-order valence-corrected chi connectivity index (χ4v) is 3.25. The Kier molecular flexibility index (Phi) is 6.06. The van der Waals surface area contributed by atoms with Crippen LogP contribution in [0.2, 0.25) is 0 Å². The molecule has 2 aromatic heterocycles. The highest BCUT2D eigenvalue weighted by Crippen LogP contribution is 2.21. The maximum absolute atomic E-state index is 12.4. The molecule has 3 rings (SSSR count). The van der Waals surface area contributed by atoms with E-state index in [1.54, 1.807) is 10.9 Å². The number of hydrogen-bond donors (Lipinski definition) is 1. The van der Waals surface area contributed by atoms with E-state index in [-0.39, 0.29) is 17.1 Å². The fraction of sp³-hybridized carbons (Fsp3) is 0.333. The Morgan fingerprint density at radius 3 is 2.77 bits per heavy atom. The zero-order valence-electron chi connectivity index (χ0n) is 14.7. The molecule has 0 spiro atoms. The first-order chi connectivity index (χ1) is 12.6. The summed E-state index contributed by atoms with van der Waals surface area (Å²) in [6.45, 7) is 4.96. The molecule has 1 N–H and O–H groups in total. The summed E-state index contributed by atoms with van der Waals surface area (Å²) in [5, 5.41) is 14.9. The molecule has 3 aromatic rings. The summed E-state index contributed by atoms with van der Waals surface area (Å²) in [5.74, 6) is 0.972. The smallest absolute Gasteiger partial charge is 0.233 e. The largest absolute Gasteiger partial charge is 0.467 e. The van der Waals surface area contributed by atoms with Gasteiger partial charge in [0, 0.05) is 6.54 Å². The molecule has 0 fully saturated rings. The summed E-state index contributed by atoms with van der Waals surface area (Å²) in [7, 11) is 0. The molecular formula is C18H21N5O2S. The number of furan rings is 1. The summed E-state index contributed by atoms with van der Waals surface area (Å²) in [6.07, 6.45) is 1.61. The van der Waals surface area contributed by atoms with E-state index < -0.39 is 0 Å². The van der Waals surface area contributed by atoms with Crippen LogP contribution in [0.25, 0.3) is 0 Å². The Morgan fingerprint density at radius 2 is 2.04 bits per heavy atom. The second-order valence-corrected chi connectivity index (χ2v) is 7.32. The average Bonchev–Trinajstić information content (AvgIpc) is 3.33. The van der Waals surface area contributed by atoms with Crippen molar-refractivity contribution in [1.82, 2.24) is 25.5 Å². The molecule has 7 nitrogen and oxygen atoms in total. The lowest BCUT2D eigenvalue weighted by molar-refractivity contribution is -0.120. The highest BCUT2D eigenvalue weighted by atomic mass is 32.2. The molecule has 0 bridgehead atoms. The van der Waals surface area contributed by atoms with Gasteiger partial charge in [0.05, 0.1) is 11.5 Å². The molecule has 0 aliphatic carbocycles. The third-order valence-corrected chi connectivity index (χ3v) is 5.06. The van der Waals surface area contributed by atoms with Gasteiger partial charge in [-0.25, -0.2) is 4.68 Å². The number of nitrogens with one attached hydrogen (secondary N) is 1. The summed E-state index contributed by atoms with van der Waals surface area (Å²) in [6, 6.07) is 13.8. The number of amides is 1. The van der Waals surface area contributed by atoms with E-state index in [1.165, 1.54) is 17.3 Å². The van der Waals surface area contributed by atoms with E-state index in [9.17, 15) is 4.79 Å². The monoisotopic (exact) mass is 371 g/mol. The van der Waals surface area contributed by atoms with Crippen LogP contribution in [-0.4, -0.2) is 37.9 Å². The van der Waals surface area contributed by atoms with Gasteiger partial charge in [0.15, 0.2) is 0 Å². The average molecular weight is 371 g/mol. The molecule has 26 heavy (non-hydrogen) atoms. The molecule has 2 atom stereocenters. The molecule has 0 unspecified atom stereocenters. The van der Waals surface area contributed by atoms with Gasteiger partial charge in [-0.2, -0.15) is 0 Å². The fourth-order valence-electron chi connectivity index (χ4n) is 2.44. The number of tetrazole rings is 1. The minimum atomic E-state index is -0.306. The predicted octanol–water partition coefficient (Wildman–Crippen LogP) is 2.71. The van der Waals surface area contributed by atoms with Gasteiger partial charge in [0.2, 0.25) is 11.1 Å². The molecule has 0 aliphatic rings. The highest BCUT2D eigenvalue weighted by molar-refractivity contribution is 8.00. The first-order valence-corrected chi connectivity index (χ1v) is 9.29. The van der Waals surface area contributed by atoms with Gasteiger partial charge in [-0.3, -0.25) is 4.79 Å². The highest BCUT2D eigenvalue weighted by Gasteiger charge is 2.19. The van der Waals surface area contributed by atoms with Crippen LogP contribution in [0, 0.1) is 0 Å². The van der Waals surface area contributed by atoms with Crippen molar-refractivity contribution < 1.29 is 9.21 Å². The van der Waals surface area contributed by atoms with E-state index >= 15 is 0 Å². The Bertz CT molecular complexity index is 819. The second kappa shape index (κ2) is 8.66. The van der Waals surface area contributed by atoms with Gasteiger partial charge in [-0.15, -0.1) is 5.10 Å². The van der Waals surface area contributed by atoms with Crippen LogP contribution in [0.4, 0.5) is 0 Å². The lowest BCUT2D eigenvalue weighted by atomic mass is 10.0. The third-order valence-electron chi connectivity index (χ3n) is 3.99. The topological polar surface area (TPSA) is 85.8 Å². The maximum Gasteiger partial charge on any atom is 0.233 e. The minimum Gasteiger partial charge on any atom is -0.467 e. The van der Waals surface area contributed by atoms with Crippen molar-refractivity contribution in [3.8, 4) is 0 Å². The normalized spacial score (nSPS) is 13.3. The minimum absolute atomic E-state index is 0.0367. The Balaban J connectivity index is 1.52. The SMILES string of the molecule is C[C@H](Sc1nnnn1Cc1ccco1)C(=O)NC[C@H](C)c1ccccc1. The number of carbonyl (C=O) groups excluding carboxylic acids is 1. The number of hydrogen-bond acceptors (Lipinski definition) is 6. The van der Waals surface area contributed by atoms with Gasteiger partial charge in [-0.1, -0.05) is 49.0 Å². The molecule has 0 aliphatic heterocycles. The number of nitrogens with zero attached hydrogens (tertiary/aromatic N) is 4. The number of aromatic nitrogens is 4. The lowest BCUT2D eigenvalue weighted by Crippen LogP contribution is -2.33. The van der Waals surface area contributed by atoms with E-state index in [0.29, 0.717) is 18.2 Å². The van der Waals surface area contributed by atoms with Crippen molar-refractivity contribution in [3.63, 3.8) is 0 Å². The number of benzene rings is 1. The van der Waals surface area contributed by atoms with Gasteiger partial charge >= 0.3 is 0 Å². The molecule has 1 aromatic carbocycles. The zero-order valence-corrected chi connectivity index (χ0v) is 15.5. The molecule has 8 heteroatoms. The second-order valence-electron chi connectivity index (χ2n) is 6.02. The van der Waals surface area contributed by atoms with Crippen molar-refractivity contribution in [1.29, 1.82) is 0 Å². The van der Waals surface area contributed by atoms with Crippen molar-refractivity contribution in [2.24, 2.45) is 0 Å². The van der Waals surface area contributed by atoms with Crippen LogP contribution in [0.1, 0.15) is 31.1 Å². The molecular weight excluding hydrogens is 350 g/mol. The molecule has 0 saturated heterocycles. The standard InChI is InChI=1S/C18H21N5O2S/c1-13(15-7-4-3-5-8-15)11-19-17(24)14(2)26-18-20-21-22-23(18)12-16-9-6-10-25-16/h3-10,13-14H,11-12H2,1-2H3,(H,19,24)/t13-,14-/m0/s1. The first-order valence-electron chi connectivity index (χ1n) is 8.41. The Labute approximate surface area is 156 Å². The maximum atomic E-state index is 12.4. The van der Waals surface area contributed by atoms with Gasteiger partial charge in [0.25, 0.3) is 0 Å². The molecule has 0 radical (unpaired) electrons. The Hall–Kier alpha value is -2.61. The Morgan fingerprint density at radius 1 is 1.23 bits per heavy atom. The third kappa shape index (κ3) is 4.72. The summed E-state index contributed by atoms with van der Waals surface area (Å²) in [5.41, 5.74) is 1.20. The van der Waals surface area contributed by atoms with Crippen molar-refractivity contribution in [3.05, 3.63) is 60.1 Å². The predicted molar refractivity (Wildman–Crippen MR) is 98.8 cm³/mol. The molecule has 2 heterocycles. The molecule has 0 saturated carbocycles. The van der Waals surface area contributed by atoms with Gasteiger partial charge < -0.3 is 9.73 Å². The summed E-state index contributed by atoms with van der Waals surface area (Å²) in [4.78, 5) is 12.4. The van der Waals surface area contributed by atoms with Crippen molar-refractivity contribution in [2.75, 3.05) is 6.54 Å². The number of rotatable bonds is 8. The van der Waals surface area contributed by atoms with Crippen LogP contribution in [0.15, 0.2) is 58.3 Å². The quantitative estimate of drug-likeness (QED) is 0.613. The molecule has 1 amide bonds.